The van der Waals surface area contributed by atoms with E-state index in [0.29, 0.717) is 5.17 Å². The molecule has 2 N–H and O–H groups in total. The Hall–Kier alpha value is -2.56. The van der Waals surface area contributed by atoms with E-state index in [-0.39, 0.29) is 5.75 Å². The number of hydrogen-bond donors (Lipinski definition) is 2. The van der Waals surface area contributed by atoms with Gasteiger partial charge in [-0.2, -0.15) is 5.26 Å². The van der Waals surface area contributed by atoms with Crippen molar-refractivity contribution in [3.63, 3.8) is 0 Å². The maximum atomic E-state index is 9.59. The lowest BCUT2D eigenvalue weighted by Crippen LogP contribution is -2.12. The van der Waals surface area contributed by atoms with Crippen LogP contribution in [0.25, 0.3) is 20.8 Å². The van der Waals surface area contributed by atoms with Crippen molar-refractivity contribution in [2.75, 3.05) is 6.26 Å². The van der Waals surface area contributed by atoms with Gasteiger partial charge < -0.3 is 5.11 Å². The average Bonchev–Trinajstić information content (AvgIpc) is 2.97. The second kappa shape index (κ2) is 6.69. The zero-order valence-electron chi connectivity index (χ0n) is 12.1. The molecule has 1 aromatic heterocycles. The number of thiazole rings is 1. The van der Waals surface area contributed by atoms with Gasteiger partial charge in [0.15, 0.2) is 11.4 Å². The minimum Gasteiger partial charge on any atom is -0.508 e. The van der Waals surface area contributed by atoms with Gasteiger partial charge >= 0.3 is 0 Å². The van der Waals surface area contributed by atoms with Crippen molar-refractivity contribution in [1.82, 2.24) is 10.3 Å². The number of nitriles is 1. The van der Waals surface area contributed by atoms with Gasteiger partial charge in [0.2, 0.25) is 0 Å². The Morgan fingerprint density at radius 2 is 2.22 bits per heavy atom. The van der Waals surface area contributed by atoms with Gasteiger partial charge in [0.1, 0.15) is 10.8 Å². The number of hydrogen-bond acceptors (Lipinski definition) is 6. The van der Waals surface area contributed by atoms with Crippen molar-refractivity contribution in [3.8, 4) is 22.5 Å². The molecule has 23 heavy (non-hydrogen) atoms. The number of phenolic OH excluding ortho intramolecular Hbond substituents is 1. The smallest absolute Gasteiger partial charge is 0.183 e. The summed E-state index contributed by atoms with van der Waals surface area (Å²) in [6, 6.07) is 12.7. The second-order valence-electron chi connectivity index (χ2n) is 4.58. The van der Waals surface area contributed by atoms with Crippen molar-refractivity contribution in [3.05, 3.63) is 42.5 Å². The number of aliphatic imine (C=N–C) groups is 1. The van der Waals surface area contributed by atoms with Crippen LogP contribution in [0.3, 0.4) is 0 Å². The first-order valence-corrected chi connectivity index (χ1v) is 8.71. The number of amidine groups is 1. The predicted octanol–water partition coefficient (Wildman–Crippen LogP) is 4.09. The van der Waals surface area contributed by atoms with Crippen molar-refractivity contribution in [2.24, 2.45) is 4.99 Å². The lowest BCUT2D eigenvalue weighted by Gasteiger charge is -1.99. The molecule has 0 aliphatic rings. The molecule has 0 aliphatic heterocycles. The monoisotopic (exact) mass is 340 g/mol. The Labute approximate surface area is 141 Å². The van der Waals surface area contributed by atoms with E-state index in [0.717, 1.165) is 26.5 Å². The van der Waals surface area contributed by atoms with E-state index in [1.54, 1.807) is 18.2 Å². The molecule has 0 saturated heterocycles. The Bertz CT molecular complexity index is 927. The minimum atomic E-state index is 0.222. The van der Waals surface area contributed by atoms with E-state index >= 15 is 0 Å². The number of thioether (sulfide) groups is 1. The highest BCUT2D eigenvalue weighted by molar-refractivity contribution is 8.13. The number of fused-ring (bicyclic) bond motifs is 1. The van der Waals surface area contributed by atoms with Crippen molar-refractivity contribution in [2.45, 2.75) is 0 Å². The molecule has 0 atom stereocenters. The van der Waals surface area contributed by atoms with Crippen LogP contribution in [-0.2, 0) is 0 Å². The third kappa shape index (κ3) is 3.44. The molecule has 3 aromatic rings. The number of phenols is 1. The molecule has 2 aromatic carbocycles. The maximum absolute atomic E-state index is 9.59. The molecule has 114 valence electrons. The molecule has 0 amide bonds. The first-order chi connectivity index (χ1) is 11.2. The Morgan fingerprint density at radius 1 is 1.35 bits per heavy atom. The summed E-state index contributed by atoms with van der Waals surface area (Å²) in [5.41, 5.74) is 2.52. The molecule has 0 aliphatic carbocycles. The van der Waals surface area contributed by atoms with Gasteiger partial charge in [-0.1, -0.05) is 23.9 Å². The van der Waals surface area contributed by atoms with Crippen molar-refractivity contribution < 1.29 is 5.11 Å². The Kier molecular flexibility index (Phi) is 4.46. The number of aromatic hydroxyl groups is 1. The van der Waals surface area contributed by atoms with Gasteiger partial charge in [-0.3, -0.25) is 5.32 Å². The molecule has 0 unspecified atom stereocenters. The molecule has 3 rings (SSSR count). The van der Waals surface area contributed by atoms with Gasteiger partial charge in [0.25, 0.3) is 0 Å². The summed E-state index contributed by atoms with van der Waals surface area (Å²) in [4.78, 5) is 8.98. The third-order valence-electron chi connectivity index (χ3n) is 3.05. The van der Waals surface area contributed by atoms with Crippen LogP contribution < -0.4 is 5.32 Å². The molecule has 5 nitrogen and oxygen atoms in total. The van der Waals surface area contributed by atoms with Crippen LogP contribution in [0.1, 0.15) is 0 Å². The van der Waals surface area contributed by atoms with Gasteiger partial charge in [-0.05, 0) is 36.6 Å². The summed E-state index contributed by atoms with van der Waals surface area (Å²) in [5.74, 6) is 0.222. The molecule has 0 fully saturated rings. The van der Waals surface area contributed by atoms with E-state index < -0.39 is 0 Å². The first-order valence-electron chi connectivity index (χ1n) is 6.67. The summed E-state index contributed by atoms with van der Waals surface area (Å²) < 4.78 is 1.00. The molecular formula is C16H12N4OS2. The number of rotatable bonds is 2. The standard InChI is InChI=1S/C16H12N4OS2/c1-22-16(18-9-17)19-11-5-6-13-14(8-11)23-15(20-13)10-3-2-4-12(21)7-10/h2-8,21H,1H3,(H,18,19). The van der Waals surface area contributed by atoms with Crippen LogP contribution in [0.2, 0.25) is 0 Å². The van der Waals surface area contributed by atoms with E-state index in [1.807, 2.05) is 36.7 Å². The van der Waals surface area contributed by atoms with Crippen molar-refractivity contribution >= 4 is 44.2 Å². The lowest BCUT2D eigenvalue weighted by molar-refractivity contribution is 0.475. The fourth-order valence-corrected chi connectivity index (χ4v) is 3.37. The highest BCUT2D eigenvalue weighted by Crippen LogP contribution is 2.33. The average molecular weight is 340 g/mol. The first kappa shape index (κ1) is 15.3. The minimum absolute atomic E-state index is 0.222. The van der Waals surface area contributed by atoms with Gasteiger partial charge in [0.05, 0.1) is 15.9 Å². The quantitative estimate of drug-likeness (QED) is 0.318. The van der Waals surface area contributed by atoms with Crippen LogP contribution in [0.15, 0.2) is 47.5 Å². The van der Waals surface area contributed by atoms with Crippen molar-refractivity contribution in [1.29, 1.82) is 5.26 Å². The largest absolute Gasteiger partial charge is 0.508 e. The summed E-state index contributed by atoms with van der Waals surface area (Å²) in [5, 5.41) is 22.2. The van der Waals surface area contributed by atoms with E-state index in [4.69, 9.17) is 5.26 Å². The number of aromatic nitrogens is 1. The van der Waals surface area contributed by atoms with Gasteiger partial charge in [0, 0.05) is 5.56 Å². The molecular weight excluding hydrogens is 328 g/mol. The third-order valence-corrected chi connectivity index (χ3v) is 4.70. The fraction of sp³-hybridized carbons (Fsp3) is 0.0625. The Balaban J connectivity index is 2.00. The number of nitrogens with zero attached hydrogens (tertiary/aromatic N) is 3. The van der Waals surface area contributed by atoms with Crippen LogP contribution in [0, 0.1) is 11.5 Å². The lowest BCUT2D eigenvalue weighted by atomic mass is 10.2. The summed E-state index contributed by atoms with van der Waals surface area (Å²) >= 11 is 2.91. The highest BCUT2D eigenvalue weighted by Gasteiger charge is 2.08. The highest BCUT2D eigenvalue weighted by atomic mass is 32.2. The predicted molar refractivity (Wildman–Crippen MR) is 96.1 cm³/mol. The molecule has 0 spiro atoms. The molecule has 1 heterocycles. The number of benzene rings is 2. The van der Waals surface area contributed by atoms with E-state index in [2.05, 4.69) is 15.3 Å². The zero-order chi connectivity index (χ0) is 16.2. The summed E-state index contributed by atoms with van der Waals surface area (Å²) in [6.07, 6.45) is 3.73. The van der Waals surface area contributed by atoms with Gasteiger partial charge in [-0.25, -0.2) is 9.98 Å². The number of nitrogens with one attached hydrogen (secondary N) is 1. The van der Waals surface area contributed by atoms with E-state index in [1.165, 1.54) is 23.1 Å². The zero-order valence-corrected chi connectivity index (χ0v) is 13.8. The molecule has 7 heteroatoms. The van der Waals surface area contributed by atoms with Crippen LogP contribution >= 0.6 is 23.1 Å². The Morgan fingerprint density at radius 3 is 2.96 bits per heavy atom. The second-order valence-corrected chi connectivity index (χ2v) is 6.40. The molecule has 0 bridgehead atoms. The topological polar surface area (TPSA) is 81.3 Å². The SMILES string of the molecule is CSC(=Nc1ccc2nc(-c3cccc(O)c3)sc2c1)NC#N. The normalized spacial score (nSPS) is 11.4. The van der Waals surface area contributed by atoms with E-state index in [9.17, 15) is 5.11 Å². The summed E-state index contributed by atoms with van der Waals surface area (Å²) in [7, 11) is 0. The summed E-state index contributed by atoms with van der Waals surface area (Å²) in [6.45, 7) is 0. The van der Waals surface area contributed by atoms with Gasteiger partial charge in [-0.15, -0.1) is 11.3 Å². The maximum Gasteiger partial charge on any atom is 0.183 e. The fourth-order valence-electron chi connectivity index (χ4n) is 2.03. The molecule has 0 radical (unpaired) electrons. The van der Waals surface area contributed by atoms with Crippen LogP contribution in [-0.4, -0.2) is 21.5 Å². The van der Waals surface area contributed by atoms with Crippen LogP contribution in [0.5, 0.6) is 5.75 Å². The van der Waals surface area contributed by atoms with Crippen LogP contribution in [0.4, 0.5) is 5.69 Å². The molecule has 0 saturated carbocycles.